The summed E-state index contributed by atoms with van der Waals surface area (Å²) in [5.74, 6) is 0.767. The first-order chi connectivity index (χ1) is 21.6. The van der Waals surface area contributed by atoms with E-state index in [1.165, 1.54) is 55.1 Å². The Balaban J connectivity index is 1.28. The molecule has 2 saturated heterocycles. The molecule has 0 radical (unpaired) electrons. The second-order valence-corrected chi connectivity index (χ2v) is 12.7. The predicted molar refractivity (Wildman–Crippen MR) is 171 cm³/mol. The smallest absolute Gasteiger partial charge is 0.318 e. The van der Waals surface area contributed by atoms with Gasteiger partial charge in [0, 0.05) is 44.0 Å². The Labute approximate surface area is 261 Å². The van der Waals surface area contributed by atoms with Gasteiger partial charge in [0.25, 0.3) is 0 Å². The van der Waals surface area contributed by atoms with Crippen LogP contribution >= 0.6 is 0 Å². The molecule has 0 bridgehead atoms. The molecule has 44 heavy (non-hydrogen) atoms. The van der Waals surface area contributed by atoms with Crippen molar-refractivity contribution in [2.75, 3.05) is 56.2 Å². The fraction of sp³-hybridized carbons (Fsp3) is 0.618. The molecule has 2 fully saturated rings. The summed E-state index contributed by atoms with van der Waals surface area (Å²) in [6.07, 6.45) is 16.8. The molecule has 1 amide bonds. The molecule has 1 aliphatic carbocycles. The molecule has 0 saturated carbocycles. The van der Waals surface area contributed by atoms with Crippen molar-refractivity contribution < 1.29 is 9.53 Å². The predicted octanol–water partition coefficient (Wildman–Crippen LogP) is 4.07. The van der Waals surface area contributed by atoms with Gasteiger partial charge in [-0.2, -0.15) is 15.2 Å². The zero-order valence-electron chi connectivity index (χ0n) is 26.2. The number of pyridine rings is 1. The number of hydrogen-bond acceptors (Lipinski definition) is 9. The maximum Gasteiger partial charge on any atom is 0.318 e. The second-order valence-electron chi connectivity index (χ2n) is 12.7. The Morgan fingerprint density at radius 2 is 1.91 bits per heavy atom. The zero-order chi connectivity index (χ0) is 30.5. The van der Waals surface area contributed by atoms with E-state index in [9.17, 15) is 10.1 Å². The van der Waals surface area contributed by atoms with E-state index >= 15 is 0 Å². The number of carbonyl (C=O) groups is 1. The summed E-state index contributed by atoms with van der Waals surface area (Å²) in [5.41, 5.74) is 6.23. The molecule has 0 unspecified atom stereocenters. The summed E-state index contributed by atoms with van der Waals surface area (Å²) < 4.78 is 6.29. The van der Waals surface area contributed by atoms with Crippen LogP contribution in [0.15, 0.2) is 25.0 Å². The van der Waals surface area contributed by atoms with Crippen LogP contribution in [-0.2, 0) is 30.6 Å². The Bertz CT molecular complexity index is 1390. The number of rotatable bonds is 9. The fourth-order valence-corrected chi connectivity index (χ4v) is 7.59. The molecule has 2 aromatic heterocycles. The number of nitrogens with zero attached hydrogens (tertiary/aromatic N) is 8. The highest BCUT2D eigenvalue weighted by atomic mass is 16.5. The van der Waals surface area contributed by atoms with Crippen molar-refractivity contribution in [1.82, 2.24) is 24.8 Å². The van der Waals surface area contributed by atoms with Gasteiger partial charge in [-0.3, -0.25) is 9.78 Å². The molecule has 6 rings (SSSR count). The molecule has 2 atom stereocenters. The lowest BCUT2D eigenvalue weighted by molar-refractivity contribution is -0.128. The molecule has 0 N–H and O–H groups in total. The van der Waals surface area contributed by atoms with Crippen LogP contribution in [0.5, 0.6) is 6.01 Å². The summed E-state index contributed by atoms with van der Waals surface area (Å²) in [6.45, 7) is 8.75. The van der Waals surface area contributed by atoms with Crippen LogP contribution < -0.4 is 14.5 Å². The van der Waals surface area contributed by atoms with E-state index in [0.29, 0.717) is 44.8 Å². The lowest BCUT2D eigenvalue weighted by Crippen LogP contribution is -2.55. The molecule has 234 valence electrons. The highest BCUT2D eigenvalue weighted by Gasteiger charge is 2.33. The fourth-order valence-electron chi connectivity index (χ4n) is 7.59. The standard InChI is InChI=1S/C34H46N8O2/c1-3-32(43)42-19-18-41(23-27(42)14-15-35)33-29-13-7-17-40(31-22-36-21-25-9-4-5-12-28(25)31)24-30(29)37-34(38-33)44-20-8-11-26-10-6-16-39(26)2/h3,21-22,26-27H,1,4-14,16-20,23-24H2,2H3/t26-,27-/m0/s1. The summed E-state index contributed by atoms with van der Waals surface area (Å²) in [4.78, 5) is 36.2. The van der Waals surface area contributed by atoms with E-state index < -0.39 is 0 Å². The van der Waals surface area contributed by atoms with Gasteiger partial charge in [-0.15, -0.1) is 0 Å². The molecule has 3 aliphatic heterocycles. The average Bonchev–Trinajstić information content (AvgIpc) is 3.34. The van der Waals surface area contributed by atoms with Gasteiger partial charge in [0.15, 0.2) is 0 Å². The van der Waals surface area contributed by atoms with Gasteiger partial charge in [-0.1, -0.05) is 6.58 Å². The molecular weight excluding hydrogens is 552 g/mol. The van der Waals surface area contributed by atoms with E-state index in [0.717, 1.165) is 62.1 Å². The summed E-state index contributed by atoms with van der Waals surface area (Å²) >= 11 is 0. The van der Waals surface area contributed by atoms with Gasteiger partial charge in [0.1, 0.15) is 5.82 Å². The number of fused-ring (bicyclic) bond motifs is 2. The number of ether oxygens (including phenoxy) is 1. The van der Waals surface area contributed by atoms with Gasteiger partial charge in [0.05, 0.1) is 49.3 Å². The SMILES string of the molecule is C=CC(=O)N1CCN(c2nc(OCCC[C@@H]3CCCN3C)nc3c2CCCN(c2cncc4c2CCCC4)C3)C[C@@H]1CC#N. The van der Waals surface area contributed by atoms with Crippen molar-refractivity contribution in [2.45, 2.75) is 89.3 Å². The number of anilines is 2. The van der Waals surface area contributed by atoms with Crippen molar-refractivity contribution in [3.63, 3.8) is 0 Å². The summed E-state index contributed by atoms with van der Waals surface area (Å²) in [7, 11) is 2.22. The molecule has 10 nitrogen and oxygen atoms in total. The third-order valence-corrected chi connectivity index (χ3v) is 9.98. The molecule has 4 aliphatic rings. The van der Waals surface area contributed by atoms with Crippen LogP contribution in [-0.4, -0.2) is 89.1 Å². The molecule has 0 aromatic carbocycles. The van der Waals surface area contributed by atoms with Gasteiger partial charge >= 0.3 is 6.01 Å². The number of amides is 1. The van der Waals surface area contributed by atoms with Crippen LogP contribution in [0.2, 0.25) is 0 Å². The quantitative estimate of drug-likeness (QED) is 0.312. The van der Waals surface area contributed by atoms with E-state index in [-0.39, 0.29) is 18.4 Å². The summed E-state index contributed by atoms with van der Waals surface area (Å²) in [5, 5.41) is 9.57. The van der Waals surface area contributed by atoms with Crippen molar-refractivity contribution in [3.05, 3.63) is 47.4 Å². The van der Waals surface area contributed by atoms with Crippen molar-refractivity contribution >= 4 is 17.4 Å². The number of nitriles is 1. The maximum atomic E-state index is 12.6. The second kappa shape index (κ2) is 13.9. The monoisotopic (exact) mass is 598 g/mol. The van der Waals surface area contributed by atoms with E-state index in [1.807, 2.05) is 12.4 Å². The normalized spacial score (nSPS) is 22.1. The Morgan fingerprint density at radius 1 is 1.05 bits per heavy atom. The van der Waals surface area contributed by atoms with Crippen molar-refractivity contribution in [1.29, 1.82) is 5.26 Å². The lowest BCUT2D eigenvalue weighted by atomic mass is 9.92. The minimum atomic E-state index is -0.221. The first-order valence-electron chi connectivity index (χ1n) is 16.5. The third-order valence-electron chi connectivity index (χ3n) is 9.98. The first kappa shape index (κ1) is 30.3. The Hall–Kier alpha value is -3.71. The minimum absolute atomic E-state index is 0.126. The minimum Gasteiger partial charge on any atom is -0.463 e. The Morgan fingerprint density at radius 3 is 2.73 bits per heavy atom. The van der Waals surface area contributed by atoms with Gasteiger partial charge in [-0.25, -0.2) is 0 Å². The topological polar surface area (TPSA) is 102 Å². The molecule has 2 aromatic rings. The van der Waals surface area contributed by atoms with E-state index in [2.05, 4.69) is 39.4 Å². The van der Waals surface area contributed by atoms with Gasteiger partial charge in [-0.05, 0) is 95.0 Å². The van der Waals surface area contributed by atoms with Crippen LogP contribution in [0, 0.1) is 11.3 Å². The van der Waals surface area contributed by atoms with E-state index in [1.54, 1.807) is 4.90 Å². The first-order valence-corrected chi connectivity index (χ1v) is 16.5. The van der Waals surface area contributed by atoms with Crippen LogP contribution in [0.3, 0.4) is 0 Å². The molecule has 0 spiro atoms. The number of aromatic nitrogens is 3. The number of likely N-dealkylation sites (tertiary alicyclic amines) is 1. The number of piperazine rings is 1. The van der Waals surface area contributed by atoms with E-state index in [4.69, 9.17) is 14.7 Å². The van der Waals surface area contributed by atoms with Gasteiger partial charge < -0.3 is 24.3 Å². The highest BCUT2D eigenvalue weighted by molar-refractivity contribution is 5.87. The van der Waals surface area contributed by atoms with Crippen LogP contribution in [0.1, 0.15) is 73.8 Å². The van der Waals surface area contributed by atoms with Crippen LogP contribution in [0.25, 0.3) is 0 Å². The number of hydrogen-bond donors (Lipinski definition) is 0. The number of carbonyl (C=O) groups excluding carboxylic acids is 1. The summed E-state index contributed by atoms with van der Waals surface area (Å²) in [6, 6.07) is 3.12. The largest absolute Gasteiger partial charge is 0.463 e. The highest BCUT2D eigenvalue weighted by Crippen LogP contribution is 2.35. The number of aryl methyl sites for hydroxylation is 1. The van der Waals surface area contributed by atoms with Crippen molar-refractivity contribution in [3.8, 4) is 12.1 Å². The average molecular weight is 599 g/mol. The molecule has 10 heteroatoms. The molecule has 5 heterocycles. The van der Waals surface area contributed by atoms with Crippen LogP contribution in [0.4, 0.5) is 11.5 Å². The maximum absolute atomic E-state index is 12.6. The third kappa shape index (κ3) is 6.53. The lowest BCUT2D eigenvalue weighted by Gasteiger charge is -2.41. The Kier molecular flexibility index (Phi) is 9.60. The molecular formula is C34H46N8O2. The van der Waals surface area contributed by atoms with Crippen molar-refractivity contribution in [2.24, 2.45) is 0 Å². The zero-order valence-corrected chi connectivity index (χ0v) is 26.2. The van der Waals surface area contributed by atoms with Gasteiger partial charge in [0.2, 0.25) is 5.91 Å².